The number of nitrogens with zero attached hydrogens (tertiary/aromatic N) is 3. The molecule has 0 saturated carbocycles. The van der Waals surface area contributed by atoms with E-state index in [2.05, 4.69) is 4.98 Å². The van der Waals surface area contributed by atoms with Gasteiger partial charge in [0.1, 0.15) is 19.3 Å². The van der Waals surface area contributed by atoms with Crippen molar-refractivity contribution in [3.63, 3.8) is 0 Å². The summed E-state index contributed by atoms with van der Waals surface area (Å²) in [7, 11) is 0. The molecule has 0 aromatic carbocycles. The van der Waals surface area contributed by atoms with Crippen LogP contribution in [0.3, 0.4) is 0 Å². The van der Waals surface area contributed by atoms with Gasteiger partial charge >= 0.3 is 12.3 Å². The highest BCUT2D eigenvalue weighted by Crippen LogP contribution is 2.31. The summed E-state index contributed by atoms with van der Waals surface area (Å²) in [5.74, 6) is -0.376. The Bertz CT molecular complexity index is 668. The molecule has 2 fully saturated rings. The molecule has 10 heteroatoms. The average molecular weight is 359 g/mol. The molecular weight excluding hydrogens is 343 g/mol. The lowest BCUT2D eigenvalue weighted by Gasteiger charge is -2.20. The molecular formula is C15H16F3N3O4. The standard InChI is InChI=1S/C15H16F3N3O4/c16-15(17,18)10-1-3-19-12(7-10)25-11-2-4-20(8-11)13(22)9-21-5-6-24-14(21)23/h1,3,7,11H,2,4-6,8-9H2/t11-/m1/s1. The highest BCUT2D eigenvalue weighted by Gasteiger charge is 2.33. The maximum absolute atomic E-state index is 12.7. The summed E-state index contributed by atoms with van der Waals surface area (Å²) in [5.41, 5.74) is -0.837. The van der Waals surface area contributed by atoms with Crippen molar-refractivity contribution in [2.24, 2.45) is 0 Å². The zero-order valence-electron chi connectivity index (χ0n) is 13.2. The molecule has 2 amide bonds. The fourth-order valence-electron chi connectivity index (χ4n) is 2.70. The SMILES string of the molecule is O=C(CN1CCOC1=O)N1CC[C@@H](Oc2cc(C(F)(F)F)ccn2)C1. The van der Waals surface area contributed by atoms with E-state index in [1.807, 2.05) is 0 Å². The first-order chi connectivity index (χ1) is 11.8. The van der Waals surface area contributed by atoms with Gasteiger partial charge in [0.2, 0.25) is 11.8 Å². The Morgan fingerprint density at radius 2 is 2.20 bits per heavy atom. The second-order valence-corrected chi connectivity index (χ2v) is 5.78. The van der Waals surface area contributed by atoms with E-state index in [0.29, 0.717) is 19.5 Å². The van der Waals surface area contributed by atoms with Gasteiger partial charge in [-0.15, -0.1) is 0 Å². The number of likely N-dealkylation sites (tertiary alicyclic amines) is 1. The van der Waals surface area contributed by atoms with E-state index in [1.54, 1.807) is 0 Å². The molecule has 1 aromatic heterocycles. The molecule has 25 heavy (non-hydrogen) atoms. The van der Waals surface area contributed by atoms with Gasteiger partial charge in [-0.1, -0.05) is 0 Å². The van der Waals surface area contributed by atoms with Gasteiger partial charge in [-0.3, -0.25) is 9.69 Å². The third-order valence-corrected chi connectivity index (χ3v) is 4.02. The molecule has 1 aromatic rings. The van der Waals surface area contributed by atoms with Crippen molar-refractivity contribution in [1.29, 1.82) is 0 Å². The highest BCUT2D eigenvalue weighted by molar-refractivity contribution is 5.83. The summed E-state index contributed by atoms with van der Waals surface area (Å²) < 4.78 is 48.3. The summed E-state index contributed by atoms with van der Waals surface area (Å²) in [6.07, 6.45) is -3.91. The number of rotatable bonds is 4. The van der Waals surface area contributed by atoms with Crippen LogP contribution in [-0.2, 0) is 15.7 Å². The van der Waals surface area contributed by atoms with Gasteiger partial charge in [-0.25, -0.2) is 9.78 Å². The minimum absolute atomic E-state index is 0.0760. The summed E-state index contributed by atoms with van der Waals surface area (Å²) in [6.45, 7) is 1.20. The monoisotopic (exact) mass is 359 g/mol. The van der Waals surface area contributed by atoms with Crippen LogP contribution >= 0.6 is 0 Å². The second-order valence-electron chi connectivity index (χ2n) is 5.78. The molecule has 136 valence electrons. The van der Waals surface area contributed by atoms with Gasteiger partial charge < -0.3 is 14.4 Å². The number of alkyl halides is 3. The van der Waals surface area contributed by atoms with Gasteiger partial charge in [-0.2, -0.15) is 13.2 Å². The lowest BCUT2D eigenvalue weighted by molar-refractivity contribution is -0.137. The van der Waals surface area contributed by atoms with Crippen molar-refractivity contribution in [1.82, 2.24) is 14.8 Å². The van der Waals surface area contributed by atoms with E-state index in [-0.39, 0.29) is 31.5 Å². The Hall–Kier alpha value is -2.52. The quantitative estimate of drug-likeness (QED) is 0.815. The number of cyclic esters (lactones) is 1. The smallest absolute Gasteiger partial charge is 0.416 e. The van der Waals surface area contributed by atoms with Crippen molar-refractivity contribution >= 4 is 12.0 Å². The van der Waals surface area contributed by atoms with Crippen LogP contribution in [0.1, 0.15) is 12.0 Å². The minimum atomic E-state index is -4.47. The number of ether oxygens (including phenoxy) is 2. The number of carbonyl (C=O) groups excluding carboxylic acids is 2. The van der Waals surface area contributed by atoms with Gasteiger partial charge in [0.15, 0.2) is 0 Å². The van der Waals surface area contributed by atoms with E-state index in [9.17, 15) is 22.8 Å². The Morgan fingerprint density at radius 3 is 2.88 bits per heavy atom. The van der Waals surface area contributed by atoms with Crippen LogP contribution in [0.5, 0.6) is 5.88 Å². The van der Waals surface area contributed by atoms with Crippen molar-refractivity contribution in [2.75, 3.05) is 32.8 Å². The molecule has 0 spiro atoms. The lowest BCUT2D eigenvalue weighted by atomic mass is 10.2. The maximum Gasteiger partial charge on any atom is 0.416 e. The largest absolute Gasteiger partial charge is 0.472 e. The number of hydrogen-bond acceptors (Lipinski definition) is 5. The third kappa shape index (κ3) is 4.12. The number of pyridine rings is 1. The molecule has 7 nitrogen and oxygen atoms in total. The predicted octanol–water partition coefficient (Wildman–Crippen LogP) is 1.53. The average Bonchev–Trinajstić information content (AvgIpc) is 3.17. The van der Waals surface area contributed by atoms with Crippen molar-refractivity contribution < 1.29 is 32.2 Å². The van der Waals surface area contributed by atoms with Crippen molar-refractivity contribution in [2.45, 2.75) is 18.7 Å². The fourth-order valence-corrected chi connectivity index (χ4v) is 2.70. The van der Waals surface area contributed by atoms with Crippen LogP contribution in [0.4, 0.5) is 18.0 Å². The number of hydrogen-bond donors (Lipinski definition) is 0. The van der Waals surface area contributed by atoms with Crippen LogP contribution in [0.25, 0.3) is 0 Å². The van der Waals surface area contributed by atoms with Crippen LogP contribution < -0.4 is 4.74 Å². The van der Waals surface area contributed by atoms with Crippen LogP contribution in [-0.4, -0.2) is 65.7 Å². The molecule has 0 radical (unpaired) electrons. The zero-order valence-corrected chi connectivity index (χ0v) is 13.2. The number of carbonyl (C=O) groups is 2. The molecule has 3 rings (SSSR count). The maximum atomic E-state index is 12.7. The lowest BCUT2D eigenvalue weighted by Crippen LogP contribution is -2.40. The number of halogens is 3. The minimum Gasteiger partial charge on any atom is -0.472 e. The molecule has 3 heterocycles. The van der Waals surface area contributed by atoms with E-state index in [1.165, 1.54) is 9.80 Å². The van der Waals surface area contributed by atoms with Crippen LogP contribution in [0.2, 0.25) is 0 Å². The molecule has 2 aliphatic heterocycles. The molecule has 2 aliphatic rings. The summed E-state index contributed by atoms with van der Waals surface area (Å²) in [6, 6.07) is 1.71. The van der Waals surface area contributed by atoms with Gasteiger partial charge in [-0.05, 0) is 6.07 Å². The van der Waals surface area contributed by atoms with E-state index >= 15 is 0 Å². The Balaban J connectivity index is 1.54. The Labute approximate surface area is 141 Å². The normalized spacial score (nSPS) is 20.8. The van der Waals surface area contributed by atoms with Crippen molar-refractivity contribution in [3.05, 3.63) is 23.9 Å². The molecule has 0 bridgehead atoms. The molecule has 0 N–H and O–H groups in total. The van der Waals surface area contributed by atoms with E-state index in [0.717, 1.165) is 18.3 Å². The summed E-state index contributed by atoms with van der Waals surface area (Å²) >= 11 is 0. The van der Waals surface area contributed by atoms with E-state index < -0.39 is 23.9 Å². The van der Waals surface area contributed by atoms with E-state index in [4.69, 9.17) is 9.47 Å². The zero-order chi connectivity index (χ0) is 18.0. The van der Waals surface area contributed by atoms with Gasteiger partial charge in [0.05, 0.1) is 18.7 Å². The van der Waals surface area contributed by atoms with Gasteiger partial charge in [0.25, 0.3) is 0 Å². The first kappa shape index (κ1) is 17.3. The predicted molar refractivity (Wildman–Crippen MR) is 77.8 cm³/mol. The van der Waals surface area contributed by atoms with Gasteiger partial charge in [0, 0.05) is 25.2 Å². The third-order valence-electron chi connectivity index (χ3n) is 4.02. The molecule has 2 saturated heterocycles. The summed E-state index contributed by atoms with van der Waals surface area (Å²) in [4.78, 5) is 30.2. The second kappa shape index (κ2) is 6.77. The molecule has 0 aliphatic carbocycles. The topological polar surface area (TPSA) is 72.0 Å². The highest BCUT2D eigenvalue weighted by atomic mass is 19.4. The molecule has 0 unspecified atom stereocenters. The Kier molecular flexibility index (Phi) is 4.69. The first-order valence-electron chi connectivity index (χ1n) is 7.72. The number of amides is 2. The summed E-state index contributed by atoms with van der Waals surface area (Å²) in [5, 5.41) is 0. The van der Waals surface area contributed by atoms with Crippen LogP contribution in [0.15, 0.2) is 18.3 Å². The van der Waals surface area contributed by atoms with Crippen LogP contribution in [0, 0.1) is 0 Å². The first-order valence-corrected chi connectivity index (χ1v) is 7.72. The number of aromatic nitrogens is 1. The Morgan fingerprint density at radius 1 is 1.40 bits per heavy atom. The van der Waals surface area contributed by atoms with Crippen molar-refractivity contribution in [3.8, 4) is 5.88 Å². The molecule has 1 atom stereocenters. The fraction of sp³-hybridized carbons (Fsp3) is 0.533.